The van der Waals surface area contributed by atoms with Gasteiger partial charge in [0.05, 0.1) is 28.2 Å². The number of hydrogen-bond acceptors (Lipinski definition) is 4. The highest BCUT2D eigenvalue weighted by Crippen LogP contribution is 2.40. The Morgan fingerprint density at radius 2 is 1.84 bits per heavy atom. The molecule has 0 radical (unpaired) electrons. The lowest BCUT2D eigenvalue weighted by Crippen LogP contribution is -2.14. The van der Waals surface area contributed by atoms with Crippen LogP contribution in [0.15, 0.2) is 12.1 Å². The molecule has 0 N–H and O–H groups in total. The van der Waals surface area contributed by atoms with Crippen molar-refractivity contribution in [3.63, 3.8) is 0 Å². The number of alkyl halides is 3. The molecule has 1 rings (SSSR count). The van der Waals surface area contributed by atoms with Gasteiger partial charge in [0.2, 0.25) is 0 Å². The summed E-state index contributed by atoms with van der Waals surface area (Å²) in [5.41, 5.74) is -3.08. The predicted octanol–water partition coefficient (Wildman–Crippen LogP) is 3.05. The highest BCUT2D eigenvalue weighted by atomic mass is 19.4. The molecule has 0 aliphatic carbocycles. The molecule has 1 aromatic rings. The average molecular weight is 269 g/mol. The van der Waals surface area contributed by atoms with Gasteiger partial charge >= 0.3 is 6.18 Å². The van der Waals surface area contributed by atoms with E-state index in [9.17, 15) is 23.3 Å². The second-order valence-corrected chi connectivity index (χ2v) is 3.69. The Bertz CT molecular complexity index is 597. The number of benzene rings is 1. The van der Waals surface area contributed by atoms with E-state index < -0.39 is 33.8 Å². The minimum absolute atomic E-state index is 0.0254. The fraction of sp³-hybridized carbons (Fsp3) is 0.273. The molecule has 0 aromatic heterocycles. The molecule has 0 unspecified atom stereocenters. The maximum Gasteiger partial charge on any atom is 0.417 e. The zero-order valence-corrected chi connectivity index (χ0v) is 9.52. The molecule has 98 valence electrons. The van der Waals surface area contributed by atoms with Crippen LogP contribution in [0, 0.1) is 39.7 Å². The zero-order chi connectivity index (χ0) is 14.8. The highest BCUT2D eigenvalue weighted by molar-refractivity contribution is 5.55. The zero-order valence-electron chi connectivity index (χ0n) is 9.52. The van der Waals surface area contributed by atoms with E-state index >= 15 is 0 Å². The molecule has 0 bridgehead atoms. The van der Waals surface area contributed by atoms with Gasteiger partial charge in [0.25, 0.3) is 5.69 Å². The van der Waals surface area contributed by atoms with Gasteiger partial charge in [0, 0.05) is 6.07 Å². The van der Waals surface area contributed by atoms with Crippen LogP contribution in [-0.4, -0.2) is 4.92 Å². The summed E-state index contributed by atoms with van der Waals surface area (Å²) in [6, 6.07) is 4.25. The number of hydrogen-bond donors (Lipinski definition) is 0. The van der Waals surface area contributed by atoms with Gasteiger partial charge in [-0.3, -0.25) is 10.1 Å². The first kappa shape index (κ1) is 14.5. The number of nitro groups is 1. The molecule has 0 atom stereocenters. The third kappa shape index (κ3) is 2.80. The van der Waals surface area contributed by atoms with E-state index in [-0.39, 0.29) is 5.56 Å². The van der Waals surface area contributed by atoms with Crippen molar-refractivity contribution in [2.24, 2.45) is 0 Å². The second-order valence-electron chi connectivity index (χ2n) is 3.69. The SMILES string of the molecule is Cc1cc([N+](=O)[O-])c(C(C#N)C#N)c(C(F)(F)F)c1. The average Bonchev–Trinajstić information content (AvgIpc) is 2.30. The summed E-state index contributed by atoms with van der Waals surface area (Å²) in [4.78, 5) is 9.78. The van der Waals surface area contributed by atoms with Gasteiger partial charge in [0.15, 0.2) is 5.92 Å². The Labute approximate surface area is 105 Å². The monoisotopic (exact) mass is 269 g/mol. The first-order chi connectivity index (χ1) is 8.72. The Morgan fingerprint density at radius 3 is 2.21 bits per heavy atom. The molecule has 19 heavy (non-hydrogen) atoms. The van der Waals surface area contributed by atoms with Crippen LogP contribution in [0.2, 0.25) is 0 Å². The topological polar surface area (TPSA) is 90.7 Å². The van der Waals surface area contributed by atoms with Crippen LogP contribution >= 0.6 is 0 Å². The normalized spacial score (nSPS) is 10.9. The minimum atomic E-state index is -4.88. The summed E-state index contributed by atoms with van der Waals surface area (Å²) >= 11 is 0. The molecule has 0 amide bonds. The molecule has 0 heterocycles. The number of halogens is 3. The summed E-state index contributed by atoms with van der Waals surface area (Å²) in [6.07, 6.45) is -4.88. The Morgan fingerprint density at radius 1 is 1.32 bits per heavy atom. The van der Waals surface area contributed by atoms with Gasteiger partial charge in [-0.25, -0.2) is 0 Å². The van der Waals surface area contributed by atoms with E-state index in [0.717, 1.165) is 6.07 Å². The van der Waals surface area contributed by atoms with Gasteiger partial charge in [-0.15, -0.1) is 0 Å². The van der Waals surface area contributed by atoms with E-state index in [1.54, 1.807) is 0 Å². The van der Waals surface area contributed by atoms with Gasteiger partial charge in [0.1, 0.15) is 0 Å². The molecule has 0 saturated carbocycles. The van der Waals surface area contributed by atoms with Crippen LogP contribution in [0.1, 0.15) is 22.6 Å². The number of rotatable bonds is 2. The maximum atomic E-state index is 12.9. The van der Waals surface area contributed by atoms with Gasteiger partial charge in [-0.2, -0.15) is 23.7 Å². The quantitative estimate of drug-likeness (QED) is 0.609. The molecule has 0 saturated heterocycles. The predicted molar refractivity (Wildman–Crippen MR) is 56.8 cm³/mol. The molecule has 0 aliphatic heterocycles. The maximum absolute atomic E-state index is 12.9. The lowest BCUT2D eigenvalue weighted by molar-refractivity contribution is -0.385. The number of aryl methyl sites for hydroxylation is 1. The van der Waals surface area contributed by atoms with E-state index in [0.29, 0.717) is 6.07 Å². The van der Waals surface area contributed by atoms with Crippen LogP contribution in [-0.2, 0) is 6.18 Å². The summed E-state index contributed by atoms with van der Waals surface area (Å²) < 4.78 is 38.6. The molecule has 0 fully saturated rings. The summed E-state index contributed by atoms with van der Waals surface area (Å²) in [5.74, 6) is -1.85. The van der Waals surface area contributed by atoms with Crippen LogP contribution in [0.25, 0.3) is 0 Å². The molecule has 8 heteroatoms. The van der Waals surface area contributed by atoms with Gasteiger partial charge in [-0.1, -0.05) is 0 Å². The largest absolute Gasteiger partial charge is 0.417 e. The lowest BCUT2D eigenvalue weighted by atomic mass is 9.92. The molecule has 0 spiro atoms. The highest BCUT2D eigenvalue weighted by Gasteiger charge is 2.40. The number of nitro benzene ring substituents is 1. The standard InChI is InChI=1S/C11H6F3N3O2/c1-6-2-8(11(12,13)14)10(7(4-15)5-16)9(3-6)17(18)19/h2-3,7H,1H3. The van der Waals surface area contributed by atoms with E-state index in [1.807, 2.05) is 0 Å². The number of nitriles is 2. The van der Waals surface area contributed by atoms with Crippen molar-refractivity contribution in [2.45, 2.75) is 19.0 Å². The molecular formula is C11H6F3N3O2. The third-order valence-electron chi connectivity index (χ3n) is 2.35. The Balaban J connectivity index is 3.78. The van der Waals surface area contributed by atoms with Crippen LogP contribution in [0.4, 0.5) is 18.9 Å². The fourth-order valence-electron chi connectivity index (χ4n) is 1.63. The Hall–Kier alpha value is -2.61. The van der Waals surface area contributed by atoms with Crippen molar-refractivity contribution < 1.29 is 18.1 Å². The fourth-order valence-corrected chi connectivity index (χ4v) is 1.63. The van der Waals surface area contributed by atoms with Gasteiger partial charge in [-0.05, 0) is 18.6 Å². The van der Waals surface area contributed by atoms with E-state index in [4.69, 9.17) is 10.5 Å². The van der Waals surface area contributed by atoms with Crippen molar-refractivity contribution in [1.82, 2.24) is 0 Å². The third-order valence-corrected chi connectivity index (χ3v) is 2.35. The molecule has 1 aromatic carbocycles. The smallest absolute Gasteiger partial charge is 0.258 e. The molecule has 5 nitrogen and oxygen atoms in total. The van der Waals surface area contributed by atoms with Crippen molar-refractivity contribution in [3.8, 4) is 12.1 Å². The van der Waals surface area contributed by atoms with E-state index in [2.05, 4.69) is 0 Å². The minimum Gasteiger partial charge on any atom is -0.258 e. The summed E-state index contributed by atoms with van der Waals surface area (Å²) in [6.45, 7) is 1.26. The molecule has 0 aliphatic rings. The summed E-state index contributed by atoms with van der Waals surface area (Å²) in [7, 11) is 0. The van der Waals surface area contributed by atoms with Crippen LogP contribution < -0.4 is 0 Å². The second kappa shape index (κ2) is 4.94. The van der Waals surface area contributed by atoms with Crippen molar-refractivity contribution in [1.29, 1.82) is 10.5 Å². The van der Waals surface area contributed by atoms with E-state index in [1.165, 1.54) is 19.1 Å². The van der Waals surface area contributed by atoms with Crippen molar-refractivity contribution in [3.05, 3.63) is 38.9 Å². The lowest BCUT2D eigenvalue weighted by Gasteiger charge is -2.14. The van der Waals surface area contributed by atoms with Crippen LogP contribution in [0.3, 0.4) is 0 Å². The van der Waals surface area contributed by atoms with Crippen molar-refractivity contribution in [2.75, 3.05) is 0 Å². The first-order valence-electron chi connectivity index (χ1n) is 4.87. The van der Waals surface area contributed by atoms with Crippen molar-refractivity contribution >= 4 is 5.69 Å². The first-order valence-corrected chi connectivity index (χ1v) is 4.87. The molecular weight excluding hydrogens is 263 g/mol. The van der Waals surface area contributed by atoms with Crippen LogP contribution in [0.5, 0.6) is 0 Å². The number of nitrogens with zero attached hydrogens (tertiary/aromatic N) is 3. The Kier molecular flexibility index (Phi) is 3.76. The van der Waals surface area contributed by atoms with Gasteiger partial charge < -0.3 is 0 Å². The summed E-state index contributed by atoms with van der Waals surface area (Å²) in [5, 5.41) is 28.2.